The van der Waals surface area contributed by atoms with Gasteiger partial charge in [-0.2, -0.15) is 0 Å². The molecule has 23 heavy (non-hydrogen) atoms. The van der Waals surface area contributed by atoms with E-state index in [1.807, 2.05) is 24.3 Å². The van der Waals surface area contributed by atoms with Crippen molar-refractivity contribution in [2.75, 3.05) is 5.32 Å². The zero-order valence-electron chi connectivity index (χ0n) is 11.9. The summed E-state index contributed by atoms with van der Waals surface area (Å²) in [4.78, 5) is 7.34. The van der Waals surface area contributed by atoms with Gasteiger partial charge in [0.05, 0.1) is 5.70 Å². The van der Waals surface area contributed by atoms with E-state index in [2.05, 4.69) is 21.0 Å². The number of nitrogens with one attached hydrogen (secondary N) is 2. The quantitative estimate of drug-likeness (QED) is 0.687. The summed E-state index contributed by atoms with van der Waals surface area (Å²) in [5, 5.41) is 3.11. The first-order valence-corrected chi connectivity index (χ1v) is 7.04. The van der Waals surface area contributed by atoms with Gasteiger partial charge < -0.3 is 10.3 Å². The van der Waals surface area contributed by atoms with Crippen LogP contribution in [0.25, 0.3) is 23.2 Å². The fourth-order valence-corrected chi connectivity index (χ4v) is 2.58. The number of halogens is 2. The molecule has 3 nitrogen and oxygen atoms in total. The Labute approximate surface area is 131 Å². The maximum Gasteiger partial charge on any atom is 0.160 e. The molecule has 1 aliphatic heterocycles. The van der Waals surface area contributed by atoms with E-state index in [4.69, 9.17) is 0 Å². The van der Waals surface area contributed by atoms with Gasteiger partial charge in [0.25, 0.3) is 0 Å². The maximum atomic E-state index is 13.5. The van der Waals surface area contributed by atoms with Crippen molar-refractivity contribution in [2.45, 2.75) is 0 Å². The number of aromatic amines is 1. The molecule has 5 heteroatoms. The van der Waals surface area contributed by atoms with Crippen molar-refractivity contribution in [3.8, 4) is 11.4 Å². The van der Waals surface area contributed by atoms with Gasteiger partial charge in [-0.3, -0.25) is 0 Å². The first-order chi connectivity index (χ1) is 11.2. The second-order valence-electron chi connectivity index (χ2n) is 5.13. The Morgan fingerprint density at radius 1 is 1.00 bits per heavy atom. The topological polar surface area (TPSA) is 40.7 Å². The lowest BCUT2D eigenvalue weighted by atomic mass is 10.0. The molecule has 0 amide bonds. The smallest absolute Gasteiger partial charge is 0.160 e. The van der Waals surface area contributed by atoms with Gasteiger partial charge in [-0.25, -0.2) is 13.8 Å². The average molecular weight is 307 g/mol. The number of fused-ring (bicyclic) bond motifs is 1. The van der Waals surface area contributed by atoms with Gasteiger partial charge in [0.15, 0.2) is 11.6 Å². The van der Waals surface area contributed by atoms with E-state index < -0.39 is 11.6 Å². The Morgan fingerprint density at radius 2 is 1.78 bits per heavy atom. The van der Waals surface area contributed by atoms with Crippen molar-refractivity contribution in [1.29, 1.82) is 0 Å². The van der Waals surface area contributed by atoms with E-state index in [-0.39, 0.29) is 0 Å². The molecule has 4 rings (SSSR count). The van der Waals surface area contributed by atoms with Gasteiger partial charge in [0.2, 0.25) is 0 Å². The van der Waals surface area contributed by atoms with E-state index in [0.717, 1.165) is 29.1 Å². The van der Waals surface area contributed by atoms with Crippen LogP contribution in [0.3, 0.4) is 0 Å². The molecule has 0 saturated carbocycles. The molecule has 0 atom stereocenters. The minimum Gasteiger partial charge on any atom is -0.348 e. The van der Waals surface area contributed by atoms with E-state index >= 15 is 0 Å². The monoisotopic (exact) mass is 307 g/mol. The second-order valence-corrected chi connectivity index (χ2v) is 5.13. The summed E-state index contributed by atoms with van der Waals surface area (Å²) in [6, 6.07) is 9.98. The first-order valence-electron chi connectivity index (χ1n) is 7.04. The lowest BCUT2D eigenvalue weighted by molar-refractivity contribution is 0.509. The van der Waals surface area contributed by atoms with E-state index in [1.54, 1.807) is 18.5 Å². The van der Waals surface area contributed by atoms with Crippen molar-refractivity contribution >= 4 is 17.5 Å². The predicted molar refractivity (Wildman–Crippen MR) is 85.4 cm³/mol. The Kier molecular flexibility index (Phi) is 3.07. The third kappa shape index (κ3) is 2.33. The summed E-state index contributed by atoms with van der Waals surface area (Å²) in [6.45, 7) is 0. The SMILES string of the molecule is Fc1cc2c(cc1F)NC(c1ccccc1-c1ncc[nH]1)=C=C2. The molecule has 2 aromatic carbocycles. The number of hydrogen-bond donors (Lipinski definition) is 2. The first kappa shape index (κ1) is 13.5. The highest BCUT2D eigenvalue weighted by Crippen LogP contribution is 2.32. The summed E-state index contributed by atoms with van der Waals surface area (Å²) >= 11 is 0. The van der Waals surface area contributed by atoms with Gasteiger partial charge in [-0.1, -0.05) is 30.0 Å². The van der Waals surface area contributed by atoms with Crippen LogP contribution in [0.2, 0.25) is 0 Å². The molecule has 0 radical (unpaired) electrons. The summed E-state index contributed by atoms with van der Waals surface area (Å²) in [5.41, 5.74) is 6.60. The van der Waals surface area contributed by atoms with E-state index in [0.29, 0.717) is 16.9 Å². The molecule has 2 N–H and O–H groups in total. The molecule has 0 saturated heterocycles. The van der Waals surface area contributed by atoms with Crippen LogP contribution in [0, 0.1) is 11.6 Å². The number of H-pyrrole nitrogens is 1. The van der Waals surface area contributed by atoms with Gasteiger partial charge in [0, 0.05) is 40.8 Å². The molecular formula is C18H11F2N3. The highest BCUT2D eigenvalue weighted by atomic mass is 19.2. The Morgan fingerprint density at radius 3 is 2.57 bits per heavy atom. The summed E-state index contributed by atoms with van der Waals surface area (Å²) in [7, 11) is 0. The fraction of sp³-hybridized carbons (Fsp3) is 0. The third-order valence-corrected chi connectivity index (χ3v) is 3.67. The average Bonchev–Trinajstić information content (AvgIpc) is 3.10. The van der Waals surface area contributed by atoms with E-state index in [1.165, 1.54) is 0 Å². The second kappa shape index (κ2) is 5.23. The van der Waals surface area contributed by atoms with Crippen LogP contribution in [0.15, 0.2) is 54.5 Å². The Balaban J connectivity index is 1.83. The van der Waals surface area contributed by atoms with Crippen molar-refractivity contribution in [3.05, 3.63) is 77.3 Å². The number of hydrogen-bond acceptors (Lipinski definition) is 2. The van der Waals surface area contributed by atoms with Crippen LogP contribution in [0.4, 0.5) is 14.5 Å². The molecule has 1 aromatic heterocycles. The van der Waals surface area contributed by atoms with Gasteiger partial charge in [-0.05, 0) is 12.1 Å². The van der Waals surface area contributed by atoms with Crippen LogP contribution < -0.4 is 5.32 Å². The normalized spacial score (nSPS) is 12.5. The minimum atomic E-state index is -0.884. The lowest BCUT2D eigenvalue weighted by Crippen LogP contribution is -2.05. The fourth-order valence-electron chi connectivity index (χ4n) is 2.58. The molecule has 0 fully saturated rings. The summed E-state index contributed by atoms with van der Waals surface area (Å²) < 4.78 is 26.8. The van der Waals surface area contributed by atoms with E-state index in [9.17, 15) is 8.78 Å². The molecule has 2 heterocycles. The molecule has 0 bridgehead atoms. The zero-order valence-corrected chi connectivity index (χ0v) is 11.9. The predicted octanol–water partition coefficient (Wildman–Crippen LogP) is 4.43. The molecule has 112 valence electrons. The summed E-state index contributed by atoms with van der Waals surface area (Å²) in [6.07, 6.45) is 5.07. The van der Waals surface area contributed by atoms with Gasteiger partial charge in [0.1, 0.15) is 5.82 Å². The largest absolute Gasteiger partial charge is 0.348 e. The lowest BCUT2D eigenvalue weighted by Gasteiger charge is -2.17. The molecular weight excluding hydrogens is 296 g/mol. The number of rotatable bonds is 2. The molecule has 3 aromatic rings. The zero-order chi connectivity index (χ0) is 15.8. The molecule has 0 unspecified atom stereocenters. The molecule has 0 spiro atoms. The molecule has 0 aliphatic carbocycles. The highest BCUT2D eigenvalue weighted by Gasteiger charge is 2.16. The van der Waals surface area contributed by atoms with Gasteiger partial charge in [-0.15, -0.1) is 0 Å². The van der Waals surface area contributed by atoms with Crippen LogP contribution in [-0.2, 0) is 0 Å². The van der Waals surface area contributed by atoms with Crippen LogP contribution in [0.1, 0.15) is 11.1 Å². The van der Waals surface area contributed by atoms with Crippen LogP contribution in [0.5, 0.6) is 0 Å². The number of nitrogens with zero attached hydrogens (tertiary/aromatic N) is 1. The van der Waals surface area contributed by atoms with Crippen LogP contribution in [-0.4, -0.2) is 9.97 Å². The number of benzene rings is 2. The summed E-state index contributed by atoms with van der Waals surface area (Å²) in [5.74, 6) is -1.03. The van der Waals surface area contributed by atoms with Crippen molar-refractivity contribution in [3.63, 3.8) is 0 Å². The van der Waals surface area contributed by atoms with Crippen molar-refractivity contribution < 1.29 is 8.78 Å². The minimum absolute atomic E-state index is 0.506. The molecule has 1 aliphatic rings. The maximum absolute atomic E-state index is 13.5. The highest BCUT2D eigenvalue weighted by molar-refractivity contribution is 5.90. The van der Waals surface area contributed by atoms with Crippen LogP contribution >= 0.6 is 0 Å². The number of anilines is 1. The standard InChI is InChI=1S/C18H11F2N3/c19-14-9-11-5-6-16(23-17(11)10-15(14)20)12-3-1-2-4-13(12)18-21-7-8-22-18/h1-5,7-10,23H,(H,21,22). The number of imidazole rings is 1. The Bertz CT molecular complexity index is 952. The third-order valence-electron chi connectivity index (χ3n) is 3.67. The Hall–Kier alpha value is -3.17. The van der Waals surface area contributed by atoms with Gasteiger partial charge >= 0.3 is 0 Å². The van der Waals surface area contributed by atoms with Crippen molar-refractivity contribution in [2.24, 2.45) is 0 Å². The number of aromatic nitrogens is 2. The van der Waals surface area contributed by atoms with Crippen molar-refractivity contribution in [1.82, 2.24) is 9.97 Å².